The number of nitrogens with zero attached hydrogens (tertiary/aromatic N) is 3. The molecule has 30 heavy (non-hydrogen) atoms. The zero-order valence-electron chi connectivity index (χ0n) is 16.0. The predicted molar refractivity (Wildman–Crippen MR) is 119 cm³/mol. The maximum Gasteiger partial charge on any atom is 0.266 e. The second-order valence-electron chi connectivity index (χ2n) is 7.11. The summed E-state index contributed by atoms with van der Waals surface area (Å²) in [5.74, 6) is -0.518. The summed E-state index contributed by atoms with van der Waals surface area (Å²) in [4.78, 5) is 13.4. The summed E-state index contributed by atoms with van der Waals surface area (Å²) >= 11 is 6.17. The molecule has 5 aromatic rings. The number of halogens is 1. The minimum atomic E-state index is -0.310. The Labute approximate surface area is 177 Å². The zero-order valence-corrected chi connectivity index (χ0v) is 16.8. The number of phenolic OH excluding ortho intramolecular Hbond substituents is 1. The minimum Gasteiger partial charge on any atom is -0.505 e. The molecule has 0 unspecified atom stereocenters. The van der Waals surface area contributed by atoms with Gasteiger partial charge in [0, 0.05) is 10.9 Å². The molecule has 6 heteroatoms. The van der Waals surface area contributed by atoms with Crippen LogP contribution < -0.4 is 0 Å². The van der Waals surface area contributed by atoms with E-state index in [9.17, 15) is 9.90 Å². The lowest BCUT2D eigenvalue weighted by atomic mass is 10.0. The van der Waals surface area contributed by atoms with E-state index in [1.807, 2.05) is 49.4 Å². The summed E-state index contributed by atoms with van der Waals surface area (Å²) in [6, 6.07) is 21.9. The molecule has 0 spiro atoms. The van der Waals surface area contributed by atoms with Crippen LogP contribution >= 0.6 is 11.6 Å². The number of aromatic nitrogens is 1. The average Bonchev–Trinajstić information content (AvgIpc) is 3.30. The standard InChI is InChI=1S/C24H16ClN3O2/c1-14-12-16-10-11-21(14)28(16)24(30)18-13-15-6-2-3-7-17(15)22(23(18)29)27-26-20-9-5-4-8-19(20)25/h2-13,29H,1H3. The number of phenols is 1. The molecule has 0 fully saturated rings. The van der Waals surface area contributed by atoms with E-state index in [-0.39, 0.29) is 22.9 Å². The molecule has 5 nitrogen and oxygen atoms in total. The smallest absolute Gasteiger partial charge is 0.266 e. The number of hydrogen-bond acceptors (Lipinski definition) is 4. The van der Waals surface area contributed by atoms with Gasteiger partial charge in [0.15, 0.2) is 5.75 Å². The second-order valence-corrected chi connectivity index (χ2v) is 7.51. The van der Waals surface area contributed by atoms with Gasteiger partial charge in [-0.2, -0.15) is 0 Å². The van der Waals surface area contributed by atoms with Crippen LogP contribution in [0.2, 0.25) is 5.02 Å². The minimum absolute atomic E-state index is 0.170. The Kier molecular flexibility index (Phi) is 4.26. The molecule has 0 radical (unpaired) electrons. The van der Waals surface area contributed by atoms with Crippen molar-refractivity contribution < 1.29 is 9.90 Å². The number of hydrogen-bond donors (Lipinski definition) is 1. The molecule has 0 aliphatic heterocycles. The van der Waals surface area contributed by atoms with Crippen molar-refractivity contribution in [2.24, 2.45) is 10.2 Å². The van der Waals surface area contributed by atoms with E-state index >= 15 is 0 Å². The third-order valence-electron chi connectivity index (χ3n) is 5.22. The van der Waals surface area contributed by atoms with E-state index in [2.05, 4.69) is 10.2 Å². The molecule has 0 saturated heterocycles. The van der Waals surface area contributed by atoms with Gasteiger partial charge in [-0.15, -0.1) is 10.2 Å². The van der Waals surface area contributed by atoms with Crippen LogP contribution in [0.25, 0.3) is 21.8 Å². The van der Waals surface area contributed by atoms with Crippen molar-refractivity contribution >= 4 is 50.7 Å². The fourth-order valence-electron chi connectivity index (χ4n) is 3.73. The molecular formula is C24H16ClN3O2. The SMILES string of the molecule is Cc1cc2ccc1n2C(=O)c1cc2ccccc2c(N=Nc2ccccc2Cl)c1O. The van der Waals surface area contributed by atoms with Gasteiger partial charge in [0.25, 0.3) is 5.91 Å². The van der Waals surface area contributed by atoms with E-state index < -0.39 is 0 Å². The normalized spacial score (nSPS) is 11.8. The number of benzene rings is 4. The lowest BCUT2D eigenvalue weighted by Gasteiger charge is -2.11. The fraction of sp³-hybridized carbons (Fsp3) is 0.0417. The molecule has 2 heterocycles. The van der Waals surface area contributed by atoms with Crippen LogP contribution in [0.15, 0.2) is 83.0 Å². The highest BCUT2D eigenvalue weighted by Crippen LogP contribution is 2.40. The summed E-state index contributed by atoms with van der Waals surface area (Å²) in [6.07, 6.45) is 0. The first-order valence-corrected chi connectivity index (χ1v) is 9.78. The van der Waals surface area contributed by atoms with Crippen LogP contribution in [0, 0.1) is 6.92 Å². The third kappa shape index (κ3) is 2.83. The van der Waals surface area contributed by atoms with Crippen molar-refractivity contribution in [3.05, 3.63) is 88.9 Å². The molecule has 1 N–H and O–H groups in total. The Morgan fingerprint density at radius 1 is 0.967 bits per heavy atom. The first kappa shape index (κ1) is 18.3. The molecule has 2 bridgehead atoms. The Morgan fingerprint density at radius 3 is 2.47 bits per heavy atom. The number of aromatic hydroxyl groups is 1. The maximum atomic E-state index is 13.4. The monoisotopic (exact) mass is 413 g/mol. The van der Waals surface area contributed by atoms with Crippen LogP contribution in [0.3, 0.4) is 0 Å². The highest BCUT2D eigenvalue weighted by atomic mass is 35.5. The topological polar surface area (TPSA) is 67.0 Å². The fourth-order valence-corrected chi connectivity index (χ4v) is 3.91. The van der Waals surface area contributed by atoms with E-state index in [4.69, 9.17) is 11.6 Å². The van der Waals surface area contributed by atoms with Crippen LogP contribution in [-0.4, -0.2) is 15.6 Å². The van der Waals surface area contributed by atoms with Crippen molar-refractivity contribution in [2.45, 2.75) is 6.92 Å². The van der Waals surface area contributed by atoms with E-state index in [0.29, 0.717) is 16.1 Å². The van der Waals surface area contributed by atoms with Crippen LogP contribution in [0.5, 0.6) is 5.75 Å². The summed E-state index contributed by atoms with van der Waals surface area (Å²) in [5.41, 5.74) is 3.51. The van der Waals surface area contributed by atoms with Crippen molar-refractivity contribution in [3.8, 4) is 5.75 Å². The molecule has 5 rings (SSSR count). The molecular weight excluding hydrogens is 398 g/mol. The van der Waals surface area contributed by atoms with Crippen LogP contribution in [0.1, 0.15) is 15.9 Å². The molecule has 0 saturated carbocycles. The highest BCUT2D eigenvalue weighted by molar-refractivity contribution is 6.32. The second kappa shape index (κ2) is 6.97. The number of rotatable bonds is 3. The van der Waals surface area contributed by atoms with Gasteiger partial charge in [-0.25, -0.2) is 0 Å². The largest absolute Gasteiger partial charge is 0.505 e. The maximum absolute atomic E-state index is 13.4. The molecule has 0 amide bonds. The Hall–Kier alpha value is -3.70. The number of carbonyl (C=O) groups excluding carboxylic acids is 1. The van der Waals surface area contributed by atoms with E-state index in [0.717, 1.165) is 22.0 Å². The first-order valence-electron chi connectivity index (χ1n) is 9.40. The van der Waals surface area contributed by atoms with Gasteiger partial charge < -0.3 is 5.11 Å². The molecule has 0 atom stereocenters. The van der Waals surface area contributed by atoms with Gasteiger partial charge in [0.2, 0.25) is 0 Å². The number of aryl methyl sites for hydroxylation is 1. The lowest BCUT2D eigenvalue weighted by Crippen LogP contribution is -2.10. The summed E-state index contributed by atoms with van der Waals surface area (Å²) in [5, 5.41) is 21.5. The molecule has 3 aromatic carbocycles. The average molecular weight is 414 g/mol. The Morgan fingerprint density at radius 2 is 1.73 bits per heavy atom. The summed E-state index contributed by atoms with van der Waals surface area (Å²) in [7, 11) is 0. The molecule has 0 aliphatic rings. The number of carbonyl (C=O) groups is 1. The van der Waals surface area contributed by atoms with Crippen molar-refractivity contribution in [1.29, 1.82) is 0 Å². The molecule has 2 aromatic heterocycles. The lowest BCUT2D eigenvalue weighted by molar-refractivity contribution is 0.0967. The van der Waals surface area contributed by atoms with Gasteiger partial charge >= 0.3 is 0 Å². The highest BCUT2D eigenvalue weighted by Gasteiger charge is 2.23. The third-order valence-corrected chi connectivity index (χ3v) is 5.54. The molecule has 0 aliphatic carbocycles. The van der Waals surface area contributed by atoms with Crippen LogP contribution in [-0.2, 0) is 0 Å². The quantitative estimate of drug-likeness (QED) is 0.323. The summed E-state index contributed by atoms with van der Waals surface area (Å²) in [6.45, 7) is 1.95. The number of fused-ring (bicyclic) bond motifs is 3. The van der Waals surface area contributed by atoms with Gasteiger partial charge in [0.1, 0.15) is 11.4 Å². The molecule has 146 valence electrons. The first-order chi connectivity index (χ1) is 14.5. The van der Waals surface area contributed by atoms with Gasteiger partial charge in [-0.1, -0.05) is 48.0 Å². The summed E-state index contributed by atoms with van der Waals surface area (Å²) < 4.78 is 1.61. The van der Waals surface area contributed by atoms with Crippen molar-refractivity contribution in [3.63, 3.8) is 0 Å². The van der Waals surface area contributed by atoms with Gasteiger partial charge in [-0.3, -0.25) is 9.36 Å². The van der Waals surface area contributed by atoms with E-state index in [1.165, 1.54) is 0 Å². The Balaban J connectivity index is 1.70. The zero-order chi connectivity index (χ0) is 20.8. The van der Waals surface area contributed by atoms with Gasteiger partial charge in [-0.05, 0) is 54.3 Å². The van der Waals surface area contributed by atoms with Crippen molar-refractivity contribution in [2.75, 3.05) is 0 Å². The van der Waals surface area contributed by atoms with Gasteiger partial charge in [0.05, 0.1) is 16.1 Å². The predicted octanol–water partition coefficient (Wildman–Crippen LogP) is 7.00. The van der Waals surface area contributed by atoms with E-state index in [1.54, 1.807) is 34.9 Å². The van der Waals surface area contributed by atoms with Crippen molar-refractivity contribution in [1.82, 2.24) is 4.57 Å². The number of azo groups is 1. The van der Waals surface area contributed by atoms with Crippen LogP contribution in [0.4, 0.5) is 11.4 Å². The Bertz CT molecular complexity index is 1450.